The Balaban J connectivity index is 2.94. The number of nitrogens with zero attached hydrogens (tertiary/aromatic N) is 1. The largest absolute Gasteiger partial charge is 0.408 e. The summed E-state index contributed by atoms with van der Waals surface area (Å²) in [6, 6.07) is 1.19. The van der Waals surface area contributed by atoms with Crippen molar-refractivity contribution < 1.29 is 13.2 Å². The van der Waals surface area contributed by atoms with E-state index in [1.807, 2.05) is 0 Å². The highest BCUT2D eigenvalue weighted by Crippen LogP contribution is 2.16. The minimum absolute atomic E-state index is 0.0113. The molecule has 0 fully saturated rings. The maximum Gasteiger partial charge on any atom is 0.408 e. The number of hydrogen-bond acceptors (Lipinski definition) is 1. The molecule has 1 N–H and O–H groups in total. The maximum absolute atomic E-state index is 12.0. The lowest BCUT2D eigenvalue weighted by Gasteiger charge is -2.06. The Labute approximate surface area is 78.5 Å². The summed E-state index contributed by atoms with van der Waals surface area (Å²) in [6.07, 6.45) is -4.37. The minimum atomic E-state index is -4.37. The second kappa shape index (κ2) is 3.51. The van der Waals surface area contributed by atoms with Gasteiger partial charge in [0.2, 0.25) is 0 Å². The summed E-state index contributed by atoms with van der Waals surface area (Å²) in [5, 5.41) is 2.42. The molecule has 6 heteroatoms. The van der Waals surface area contributed by atoms with Crippen LogP contribution in [-0.4, -0.2) is 16.0 Å². The molecule has 14 heavy (non-hydrogen) atoms. The highest BCUT2D eigenvalue weighted by atomic mass is 19.4. The molecule has 1 rings (SSSR count). The van der Waals surface area contributed by atoms with Crippen LogP contribution in [0.1, 0.15) is 25.5 Å². The highest BCUT2D eigenvalue weighted by molar-refractivity contribution is 5.04. The van der Waals surface area contributed by atoms with E-state index in [-0.39, 0.29) is 5.92 Å². The minimum Gasteiger partial charge on any atom is -0.299 e. The van der Waals surface area contributed by atoms with E-state index in [2.05, 4.69) is 5.10 Å². The number of rotatable bonds is 2. The lowest BCUT2D eigenvalue weighted by molar-refractivity contribution is -0.143. The third kappa shape index (κ3) is 2.65. The van der Waals surface area contributed by atoms with E-state index in [1.165, 1.54) is 6.07 Å². The number of halogens is 3. The Bertz CT molecular complexity index is 361. The third-order valence-corrected chi connectivity index (χ3v) is 1.77. The number of alkyl halides is 3. The SMILES string of the molecule is CC(C)c1cc(=O)n(CC(F)(F)F)[nH]1. The van der Waals surface area contributed by atoms with Crippen LogP contribution < -0.4 is 5.56 Å². The van der Waals surface area contributed by atoms with Gasteiger partial charge < -0.3 is 0 Å². The lowest BCUT2D eigenvalue weighted by Crippen LogP contribution is -2.26. The average Bonchev–Trinajstić information content (AvgIpc) is 2.29. The van der Waals surface area contributed by atoms with Crippen LogP contribution in [0.4, 0.5) is 13.2 Å². The molecular weight excluding hydrogens is 197 g/mol. The van der Waals surface area contributed by atoms with Crippen LogP contribution in [0.15, 0.2) is 10.9 Å². The fourth-order valence-corrected chi connectivity index (χ4v) is 1.05. The van der Waals surface area contributed by atoms with Crippen LogP contribution in [0, 0.1) is 0 Å². The number of nitrogens with one attached hydrogen (secondary N) is 1. The number of aromatic amines is 1. The topological polar surface area (TPSA) is 37.8 Å². The van der Waals surface area contributed by atoms with Crippen molar-refractivity contribution in [2.24, 2.45) is 0 Å². The molecule has 3 nitrogen and oxygen atoms in total. The Kier molecular flexibility index (Phi) is 2.73. The molecule has 0 amide bonds. The number of H-pyrrole nitrogens is 1. The third-order valence-electron chi connectivity index (χ3n) is 1.77. The molecule has 0 unspecified atom stereocenters. The predicted molar refractivity (Wildman–Crippen MR) is 45.2 cm³/mol. The molecule has 0 aromatic carbocycles. The molecule has 0 aliphatic rings. The van der Waals surface area contributed by atoms with Crippen molar-refractivity contribution in [1.29, 1.82) is 0 Å². The summed E-state index contributed by atoms with van der Waals surface area (Å²) < 4.78 is 36.4. The normalized spacial score (nSPS) is 12.4. The monoisotopic (exact) mass is 208 g/mol. The lowest BCUT2D eigenvalue weighted by atomic mass is 10.1. The Morgan fingerprint density at radius 3 is 2.43 bits per heavy atom. The molecule has 0 atom stereocenters. The molecule has 0 radical (unpaired) electrons. The standard InChI is InChI=1S/C8H11F3N2O/c1-5(2)6-3-7(14)13(12-6)4-8(9,10)11/h3,5,12H,4H2,1-2H3. The molecule has 0 saturated carbocycles. The van der Waals surface area contributed by atoms with Gasteiger partial charge in [-0.1, -0.05) is 13.8 Å². The van der Waals surface area contributed by atoms with Crippen LogP contribution in [0.5, 0.6) is 0 Å². The first-order valence-electron chi connectivity index (χ1n) is 4.16. The second-order valence-electron chi connectivity index (χ2n) is 3.41. The van der Waals surface area contributed by atoms with E-state index in [1.54, 1.807) is 13.8 Å². The van der Waals surface area contributed by atoms with Gasteiger partial charge in [-0.15, -0.1) is 0 Å². The van der Waals surface area contributed by atoms with Gasteiger partial charge in [-0.25, -0.2) is 4.68 Å². The van der Waals surface area contributed by atoms with Crippen LogP contribution in [0.25, 0.3) is 0 Å². The molecule has 0 aliphatic heterocycles. The maximum atomic E-state index is 12.0. The van der Waals surface area contributed by atoms with Gasteiger partial charge in [-0.05, 0) is 5.92 Å². The van der Waals surface area contributed by atoms with Crippen molar-refractivity contribution in [1.82, 2.24) is 9.78 Å². The smallest absolute Gasteiger partial charge is 0.299 e. The van der Waals surface area contributed by atoms with Gasteiger partial charge in [0.05, 0.1) is 0 Å². The fourth-order valence-electron chi connectivity index (χ4n) is 1.05. The number of hydrogen-bond donors (Lipinski definition) is 1. The van der Waals surface area contributed by atoms with Crippen molar-refractivity contribution >= 4 is 0 Å². The Morgan fingerprint density at radius 1 is 1.50 bits per heavy atom. The van der Waals surface area contributed by atoms with Crippen molar-refractivity contribution in [3.8, 4) is 0 Å². The zero-order chi connectivity index (χ0) is 10.9. The van der Waals surface area contributed by atoms with E-state index < -0.39 is 18.3 Å². The van der Waals surface area contributed by atoms with E-state index in [9.17, 15) is 18.0 Å². The van der Waals surface area contributed by atoms with E-state index in [0.29, 0.717) is 10.4 Å². The first-order valence-corrected chi connectivity index (χ1v) is 4.16. The van der Waals surface area contributed by atoms with Crippen molar-refractivity contribution in [2.75, 3.05) is 0 Å². The van der Waals surface area contributed by atoms with Gasteiger partial charge >= 0.3 is 6.18 Å². The zero-order valence-electron chi connectivity index (χ0n) is 7.85. The molecule has 0 saturated heterocycles. The van der Waals surface area contributed by atoms with Gasteiger partial charge in [0.1, 0.15) is 6.54 Å². The van der Waals surface area contributed by atoms with Gasteiger partial charge in [0.25, 0.3) is 5.56 Å². The van der Waals surface area contributed by atoms with E-state index in [0.717, 1.165) is 0 Å². The molecule has 1 aromatic rings. The first kappa shape index (κ1) is 10.9. The first-order chi connectivity index (χ1) is 6.29. The molecule has 1 heterocycles. The van der Waals surface area contributed by atoms with Gasteiger partial charge in [0, 0.05) is 11.8 Å². The molecule has 0 aliphatic carbocycles. The van der Waals surface area contributed by atoms with Crippen molar-refractivity contribution in [3.63, 3.8) is 0 Å². The van der Waals surface area contributed by atoms with Crippen LogP contribution in [0.3, 0.4) is 0 Å². The van der Waals surface area contributed by atoms with Crippen LogP contribution >= 0.6 is 0 Å². The molecule has 80 valence electrons. The average molecular weight is 208 g/mol. The Morgan fingerprint density at radius 2 is 2.07 bits per heavy atom. The second-order valence-corrected chi connectivity index (χ2v) is 3.41. The quantitative estimate of drug-likeness (QED) is 0.791. The molecule has 0 bridgehead atoms. The fraction of sp³-hybridized carbons (Fsp3) is 0.625. The van der Waals surface area contributed by atoms with Crippen molar-refractivity contribution in [3.05, 3.63) is 22.1 Å². The summed E-state index contributed by atoms with van der Waals surface area (Å²) >= 11 is 0. The summed E-state index contributed by atoms with van der Waals surface area (Å²) in [6.45, 7) is 2.32. The van der Waals surface area contributed by atoms with E-state index in [4.69, 9.17) is 0 Å². The van der Waals surface area contributed by atoms with Crippen molar-refractivity contribution in [2.45, 2.75) is 32.5 Å². The Hall–Kier alpha value is -1.20. The summed E-state index contributed by atoms with van der Waals surface area (Å²) in [5.41, 5.74) is -0.134. The molecular formula is C8H11F3N2O. The predicted octanol–water partition coefficient (Wildman–Crippen LogP) is 1.86. The van der Waals surface area contributed by atoms with Crippen LogP contribution in [-0.2, 0) is 6.54 Å². The van der Waals surface area contributed by atoms with Gasteiger partial charge in [0.15, 0.2) is 0 Å². The summed E-state index contributed by atoms with van der Waals surface area (Å²) in [5.74, 6) is 0.0113. The summed E-state index contributed by atoms with van der Waals surface area (Å²) in [7, 11) is 0. The van der Waals surface area contributed by atoms with Crippen LogP contribution in [0.2, 0.25) is 0 Å². The van der Waals surface area contributed by atoms with E-state index >= 15 is 0 Å². The zero-order valence-corrected chi connectivity index (χ0v) is 7.85. The number of aromatic nitrogens is 2. The highest BCUT2D eigenvalue weighted by Gasteiger charge is 2.29. The molecule has 1 aromatic heterocycles. The van der Waals surface area contributed by atoms with Gasteiger partial charge in [-0.3, -0.25) is 9.89 Å². The molecule has 0 spiro atoms. The van der Waals surface area contributed by atoms with Gasteiger partial charge in [-0.2, -0.15) is 13.2 Å². The summed E-state index contributed by atoms with van der Waals surface area (Å²) in [4.78, 5) is 11.1.